The van der Waals surface area contributed by atoms with E-state index in [9.17, 15) is 0 Å². The molecule has 62 heavy (non-hydrogen) atoms. The van der Waals surface area contributed by atoms with Gasteiger partial charge in [0.2, 0.25) is 0 Å². The third kappa shape index (κ3) is 7.52. The quantitative estimate of drug-likeness (QED) is 0.160. The molecule has 9 rings (SSSR count). The zero-order chi connectivity index (χ0) is 43.8. The highest BCUT2D eigenvalue weighted by Gasteiger charge is 2.33. The molecule has 1 aliphatic rings. The summed E-state index contributed by atoms with van der Waals surface area (Å²) >= 11 is 0. The molecule has 0 bridgehead atoms. The Kier molecular flexibility index (Phi) is 9.89. The van der Waals surface area contributed by atoms with Crippen LogP contribution in [0.1, 0.15) is 104 Å². The molecule has 0 radical (unpaired) electrons. The Bertz CT molecular complexity index is 2920. The molecule has 0 unspecified atom stereocenters. The SMILES string of the molecule is CC(C)(C)c1cc(N2CN(c3cccc(Oc4ccc5c6ccccc6n(-c6cc(C(C)(C)C)ccn6)c5c4)c3)c3cc(C(C)(C)c4ccccc4)ccc32)cc(C(C)(C)C)c1. The first-order chi connectivity index (χ1) is 29.4. The lowest BCUT2D eigenvalue weighted by Crippen LogP contribution is -2.25. The second-order valence-corrected chi connectivity index (χ2v) is 20.7. The van der Waals surface area contributed by atoms with Crippen molar-refractivity contribution in [3.05, 3.63) is 180 Å². The van der Waals surface area contributed by atoms with E-state index in [-0.39, 0.29) is 21.7 Å². The van der Waals surface area contributed by atoms with Gasteiger partial charge < -0.3 is 14.5 Å². The van der Waals surface area contributed by atoms with E-state index in [1.54, 1.807) is 0 Å². The number of anilines is 4. The minimum atomic E-state index is -0.198. The van der Waals surface area contributed by atoms with Crippen LogP contribution in [-0.4, -0.2) is 16.2 Å². The standard InChI is InChI=1S/C57H60N4O/c1-54(2,3)39-28-29-58-53(34-39)61-49-23-16-15-22-47(49)48-26-25-46(36-51(48)61)62-45-21-17-20-43(35-45)59-37-60(44-31-41(55(4,5)6)30-42(32-44)56(7,8)9)50-27-24-40(33-52(50)59)57(10,11)38-18-13-12-14-19-38/h12-36H,37H2,1-11H3. The van der Waals surface area contributed by atoms with Crippen molar-refractivity contribution in [3.8, 4) is 17.3 Å². The number of nitrogens with zero attached hydrogens (tertiary/aromatic N) is 4. The predicted octanol–water partition coefficient (Wildman–Crippen LogP) is 15.4. The minimum absolute atomic E-state index is 0.00214. The molecule has 8 aromatic rings. The fourth-order valence-electron chi connectivity index (χ4n) is 8.87. The van der Waals surface area contributed by atoms with Crippen molar-refractivity contribution in [2.24, 2.45) is 0 Å². The van der Waals surface area contributed by atoms with Gasteiger partial charge in [0.1, 0.15) is 24.0 Å². The molecule has 3 heterocycles. The van der Waals surface area contributed by atoms with Crippen molar-refractivity contribution in [2.45, 2.75) is 97.8 Å². The zero-order valence-electron chi connectivity index (χ0n) is 38.3. The molecule has 5 nitrogen and oxygen atoms in total. The first kappa shape index (κ1) is 41.0. The van der Waals surface area contributed by atoms with E-state index < -0.39 is 0 Å². The smallest absolute Gasteiger partial charge is 0.137 e. The second-order valence-electron chi connectivity index (χ2n) is 20.7. The molecular weight excluding hydrogens is 757 g/mol. The Morgan fingerprint density at radius 1 is 0.435 bits per heavy atom. The van der Waals surface area contributed by atoms with E-state index in [2.05, 4.69) is 236 Å². The third-order valence-electron chi connectivity index (χ3n) is 12.9. The molecule has 0 saturated carbocycles. The molecule has 1 aliphatic heterocycles. The lowest BCUT2D eigenvalue weighted by atomic mass is 9.78. The number of pyridine rings is 1. The van der Waals surface area contributed by atoms with Gasteiger partial charge in [-0.3, -0.25) is 4.57 Å². The van der Waals surface area contributed by atoms with Gasteiger partial charge in [-0.05, 0) is 111 Å². The first-order valence-corrected chi connectivity index (χ1v) is 22.1. The summed E-state index contributed by atoms with van der Waals surface area (Å²) in [5, 5.41) is 2.35. The van der Waals surface area contributed by atoms with Crippen LogP contribution < -0.4 is 14.5 Å². The van der Waals surface area contributed by atoms with Crippen LogP contribution in [0.15, 0.2) is 152 Å². The summed E-state index contributed by atoms with van der Waals surface area (Å²) in [6.07, 6.45) is 1.93. The van der Waals surface area contributed by atoms with Gasteiger partial charge >= 0.3 is 0 Å². The number of hydrogen-bond acceptors (Lipinski definition) is 4. The highest BCUT2D eigenvalue weighted by Crippen LogP contribution is 2.49. The molecule has 0 aliphatic carbocycles. The van der Waals surface area contributed by atoms with Crippen molar-refractivity contribution >= 4 is 44.6 Å². The number of aromatic nitrogens is 2. The van der Waals surface area contributed by atoms with E-state index in [0.717, 1.165) is 39.4 Å². The van der Waals surface area contributed by atoms with E-state index in [1.165, 1.54) is 50.3 Å². The van der Waals surface area contributed by atoms with Crippen LogP contribution in [0.3, 0.4) is 0 Å². The maximum atomic E-state index is 6.82. The second kappa shape index (κ2) is 14.9. The number of fused-ring (bicyclic) bond motifs is 4. The summed E-state index contributed by atoms with van der Waals surface area (Å²) in [5.41, 5.74) is 13.1. The van der Waals surface area contributed by atoms with Gasteiger partial charge in [-0.25, -0.2) is 4.98 Å². The number of rotatable bonds is 7. The fourth-order valence-corrected chi connectivity index (χ4v) is 8.87. The highest BCUT2D eigenvalue weighted by atomic mass is 16.5. The summed E-state index contributed by atoms with van der Waals surface area (Å²) in [6, 6.07) is 53.0. The molecule has 0 fully saturated rings. The van der Waals surface area contributed by atoms with Gasteiger partial charge in [-0.15, -0.1) is 0 Å². The van der Waals surface area contributed by atoms with E-state index in [4.69, 9.17) is 9.72 Å². The summed E-state index contributed by atoms with van der Waals surface area (Å²) in [6.45, 7) is 25.9. The molecule has 0 N–H and O–H groups in total. The van der Waals surface area contributed by atoms with E-state index >= 15 is 0 Å². The Morgan fingerprint density at radius 3 is 1.79 bits per heavy atom. The van der Waals surface area contributed by atoms with Crippen molar-refractivity contribution in [2.75, 3.05) is 16.5 Å². The number of hydrogen-bond donors (Lipinski definition) is 0. The lowest BCUT2D eigenvalue weighted by molar-refractivity contribution is 0.483. The average molecular weight is 817 g/mol. The van der Waals surface area contributed by atoms with Crippen LogP contribution in [-0.2, 0) is 21.7 Å². The Hall–Kier alpha value is -6.33. The van der Waals surface area contributed by atoms with Crippen molar-refractivity contribution in [1.82, 2.24) is 9.55 Å². The minimum Gasteiger partial charge on any atom is -0.457 e. The molecule has 2 aromatic heterocycles. The molecule has 0 atom stereocenters. The van der Waals surface area contributed by atoms with Crippen LogP contribution in [0.25, 0.3) is 27.6 Å². The van der Waals surface area contributed by atoms with Gasteiger partial charge in [0.15, 0.2) is 0 Å². The van der Waals surface area contributed by atoms with Gasteiger partial charge in [-0.1, -0.05) is 143 Å². The Labute approximate surface area is 368 Å². The Morgan fingerprint density at radius 2 is 1.08 bits per heavy atom. The van der Waals surface area contributed by atoms with Gasteiger partial charge in [0, 0.05) is 45.9 Å². The van der Waals surface area contributed by atoms with Gasteiger partial charge in [-0.2, -0.15) is 0 Å². The number of para-hydroxylation sites is 1. The summed E-state index contributed by atoms with van der Waals surface area (Å²) in [5.74, 6) is 2.45. The largest absolute Gasteiger partial charge is 0.457 e. The van der Waals surface area contributed by atoms with Crippen LogP contribution >= 0.6 is 0 Å². The molecule has 0 spiro atoms. The molecular formula is C57H60N4O. The number of ether oxygens (including phenoxy) is 1. The number of benzene rings is 6. The fraction of sp³-hybridized carbons (Fsp3) is 0.281. The molecule has 6 aromatic carbocycles. The maximum Gasteiger partial charge on any atom is 0.137 e. The van der Waals surface area contributed by atoms with Crippen LogP contribution in [0, 0.1) is 0 Å². The predicted molar refractivity (Wildman–Crippen MR) is 262 cm³/mol. The molecule has 0 amide bonds. The van der Waals surface area contributed by atoms with Crippen LogP contribution in [0.2, 0.25) is 0 Å². The lowest BCUT2D eigenvalue weighted by Gasteiger charge is -2.29. The van der Waals surface area contributed by atoms with E-state index in [1.807, 2.05) is 6.20 Å². The zero-order valence-corrected chi connectivity index (χ0v) is 38.3. The summed E-state index contributed by atoms with van der Waals surface area (Å²) in [7, 11) is 0. The first-order valence-electron chi connectivity index (χ1n) is 22.1. The maximum absolute atomic E-state index is 6.82. The van der Waals surface area contributed by atoms with Crippen molar-refractivity contribution < 1.29 is 4.74 Å². The topological polar surface area (TPSA) is 33.5 Å². The summed E-state index contributed by atoms with van der Waals surface area (Å²) in [4.78, 5) is 9.83. The monoisotopic (exact) mass is 816 g/mol. The molecule has 5 heteroatoms. The normalized spacial score (nSPS) is 13.6. The molecule has 314 valence electrons. The average Bonchev–Trinajstić information content (AvgIpc) is 3.79. The van der Waals surface area contributed by atoms with Crippen molar-refractivity contribution in [1.29, 1.82) is 0 Å². The third-order valence-corrected chi connectivity index (χ3v) is 12.9. The van der Waals surface area contributed by atoms with Crippen molar-refractivity contribution in [3.63, 3.8) is 0 Å². The Balaban J connectivity index is 1.13. The summed E-state index contributed by atoms with van der Waals surface area (Å²) < 4.78 is 9.09. The van der Waals surface area contributed by atoms with E-state index in [0.29, 0.717) is 6.67 Å². The van der Waals surface area contributed by atoms with Gasteiger partial charge in [0.05, 0.1) is 22.4 Å². The highest BCUT2D eigenvalue weighted by molar-refractivity contribution is 6.09. The van der Waals surface area contributed by atoms with Crippen LogP contribution in [0.5, 0.6) is 11.5 Å². The molecule has 0 saturated heterocycles. The van der Waals surface area contributed by atoms with Crippen LogP contribution in [0.4, 0.5) is 22.7 Å². The van der Waals surface area contributed by atoms with Gasteiger partial charge in [0.25, 0.3) is 0 Å².